The van der Waals surface area contributed by atoms with E-state index in [1.807, 2.05) is 0 Å². The summed E-state index contributed by atoms with van der Waals surface area (Å²) >= 11 is 0. The number of fused-ring (bicyclic) bond motifs is 6. The summed E-state index contributed by atoms with van der Waals surface area (Å²) in [4.78, 5) is 25.3. The summed E-state index contributed by atoms with van der Waals surface area (Å²) < 4.78 is 210. The van der Waals surface area contributed by atoms with E-state index in [1.54, 1.807) is 80.9 Å². The fraction of sp³-hybridized carbons (Fsp3) is 0.321. The zero-order valence-corrected chi connectivity index (χ0v) is 50.0. The molecule has 0 bridgehead atoms. The van der Waals surface area contributed by atoms with Crippen molar-refractivity contribution < 1.29 is 87.4 Å². The van der Waals surface area contributed by atoms with Crippen molar-refractivity contribution in [3.63, 3.8) is 0 Å². The topological polar surface area (TPSA) is 391 Å². The van der Waals surface area contributed by atoms with Crippen molar-refractivity contribution in [2.75, 3.05) is 47.5 Å². The number of nitrogens with one attached hydrogen (secondary N) is 2. The van der Waals surface area contributed by atoms with Crippen molar-refractivity contribution in [2.45, 2.75) is 90.3 Å². The van der Waals surface area contributed by atoms with Crippen molar-refractivity contribution in [2.24, 2.45) is 0 Å². The van der Waals surface area contributed by atoms with Gasteiger partial charge in [-0.25, -0.2) is 0 Å². The van der Waals surface area contributed by atoms with Gasteiger partial charge in [-0.2, -0.15) is 50.5 Å². The van der Waals surface area contributed by atoms with E-state index in [2.05, 4.69) is 17.2 Å². The van der Waals surface area contributed by atoms with Crippen LogP contribution in [0.1, 0.15) is 80.9 Å². The number of nitrogens with zero attached hydrogens (tertiary/aromatic N) is 2. The second kappa shape index (κ2) is 24.8. The molecule has 0 radical (unpaired) electrons. The normalized spacial score (nSPS) is 16.9. The van der Waals surface area contributed by atoms with Crippen LogP contribution in [0, 0.1) is 0 Å². The Morgan fingerprint density at radius 1 is 0.595 bits per heavy atom. The molecule has 0 fully saturated rings. The van der Waals surface area contributed by atoms with Gasteiger partial charge in [0.15, 0.2) is 0 Å². The Bertz CT molecular complexity index is 4340. The van der Waals surface area contributed by atoms with Crippen LogP contribution in [0.25, 0.3) is 27.1 Å². The second-order valence-electron chi connectivity index (χ2n) is 21.0. The van der Waals surface area contributed by atoms with Gasteiger partial charge in [-0.15, -0.1) is 0 Å². The molecule has 0 aromatic heterocycles. The van der Waals surface area contributed by atoms with Gasteiger partial charge < -0.3 is 20.4 Å². The van der Waals surface area contributed by atoms with Gasteiger partial charge in [0.25, 0.3) is 66.6 Å². The molecule has 0 aliphatic carbocycles. The van der Waals surface area contributed by atoms with Gasteiger partial charge in [-0.05, 0) is 114 Å². The van der Waals surface area contributed by atoms with Crippen LogP contribution >= 0.6 is 0 Å². The summed E-state index contributed by atoms with van der Waals surface area (Å²) in [7, 11) is -29.5. The first-order valence-electron chi connectivity index (χ1n) is 25.1. The quantitative estimate of drug-likeness (QED) is 0.0140. The van der Waals surface area contributed by atoms with Crippen LogP contribution in [-0.4, -0.2) is 163 Å². The number of amides is 2. The van der Waals surface area contributed by atoms with E-state index >= 15 is 0 Å². The Morgan fingerprint density at radius 2 is 1.07 bits per heavy atom. The van der Waals surface area contributed by atoms with Crippen molar-refractivity contribution in [1.29, 1.82) is 0 Å². The van der Waals surface area contributed by atoms with Gasteiger partial charge in [0, 0.05) is 76.0 Å². The minimum atomic E-state index is -5.15. The zero-order chi connectivity index (χ0) is 61.8. The molecular formula is C53H61N4NaO20S6. The molecule has 8 N–H and O–H groups in total. The van der Waals surface area contributed by atoms with Crippen LogP contribution in [0.4, 0.5) is 11.4 Å². The summed E-state index contributed by atoms with van der Waals surface area (Å²) in [5.74, 6) is -2.22. The zero-order valence-electron chi connectivity index (χ0n) is 45.1. The summed E-state index contributed by atoms with van der Waals surface area (Å²) in [6.45, 7) is 12.2. The molecule has 1 atom stereocenters. The van der Waals surface area contributed by atoms with Crippen LogP contribution in [0.2, 0.25) is 0 Å². The third-order valence-electron chi connectivity index (χ3n) is 14.4. The molecule has 1 unspecified atom stereocenters. The molecule has 5 aromatic rings. The monoisotopic (exact) mass is 1290 g/mol. The molecule has 7 rings (SSSR count). The number of benzene rings is 5. The van der Waals surface area contributed by atoms with E-state index in [0.717, 1.165) is 12.1 Å². The van der Waals surface area contributed by atoms with Crippen LogP contribution in [0.15, 0.2) is 135 Å². The van der Waals surface area contributed by atoms with Gasteiger partial charge in [0.2, 0.25) is 5.91 Å². The van der Waals surface area contributed by atoms with E-state index in [9.17, 15) is 87.4 Å². The Hall–Kier alpha value is -5.42. The molecule has 450 valence electrons. The van der Waals surface area contributed by atoms with Gasteiger partial charge in [-0.1, -0.05) is 76.8 Å². The van der Waals surface area contributed by atoms with Gasteiger partial charge in [-0.3, -0.25) is 36.9 Å². The van der Waals surface area contributed by atoms with Crippen LogP contribution in [0.3, 0.4) is 0 Å². The first kappa shape index (κ1) is 67.7. The maximum absolute atomic E-state index is 13.4. The molecule has 84 heavy (non-hydrogen) atoms. The number of carbonyl (C=O) groups is 2. The molecule has 0 saturated heterocycles. The average Bonchev–Trinajstić information content (AvgIpc) is 1.55. The number of rotatable bonds is 22. The van der Waals surface area contributed by atoms with E-state index in [4.69, 9.17) is 0 Å². The standard InChI is InChI=1S/C53H60N4O20S6.Na.H/c1-32(2)50(58)54-22-7-23-55-51(59)35-12-10-33(11-13-35)34(14-20-46-52(3,4)48-40-28-36(80(66,67)68)30-44(82(72,73)74)38(40)16-18-42(48)56(46)24-8-26-78(60,61)62)15-21-47-53(5,6)49-41-29-37(81(69,70)71)31-45(83(75,76)77)39(41)17-19-43(49)57(47)25-9-27-79(63,64)65;;/h10-21,28-31,46H,1,7-9,22-27H2,2-6H3,(H,54,58)(H,55,59)(H,60,61,62)(H,63,64,65)(H,66,67,68)(H,69,70,71)(H,72,73,74)(H,75,76,77);;/b20-14+,34-15-,47-21-;;. The molecule has 2 aliphatic rings. The predicted molar refractivity (Wildman–Crippen MR) is 317 cm³/mol. The predicted octanol–water partition coefficient (Wildman–Crippen LogP) is 5.49. The fourth-order valence-electron chi connectivity index (χ4n) is 10.7. The average molecular weight is 1290 g/mol. The SMILES string of the molecule is C=C(C)C(=O)NCCCNC(=O)c1ccc(C(=C\C=C2/N(CCCS(=O)(=O)O)c3ccc4c(S(=O)(=O)O)cc(S(=O)(=O)O)cc4c3C2(C)C)/C=C/C2N(CCCS(=O)(=O)O)c3ccc4c(S(=O)(=O)O)cc(S(=O)(=O)O)cc4c3C2(C)C)cc1.[NaH]. The van der Waals surface area contributed by atoms with Gasteiger partial charge in [0.05, 0.1) is 27.3 Å². The van der Waals surface area contributed by atoms with Crippen molar-refractivity contribution in [3.8, 4) is 0 Å². The number of hydrogen-bond acceptors (Lipinski definition) is 16. The molecule has 5 aromatic carbocycles. The van der Waals surface area contributed by atoms with E-state index in [1.165, 1.54) is 36.4 Å². The van der Waals surface area contributed by atoms with E-state index in [0.29, 0.717) is 57.9 Å². The van der Waals surface area contributed by atoms with Gasteiger partial charge >= 0.3 is 29.6 Å². The summed E-state index contributed by atoms with van der Waals surface area (Å²) in [6.07, 6.45) is 6.63. The van der Waals surface area contributed by atoms with E-state index < -0.39 is 115 Å². The Kier molecular flexibility index (Phi) is 19.9. The first-order valence-corrected chi connectivity index (χ1v) is 34.1. The molecule has 31 heteroatoms. The first-order chi connectivity index (χ1) is 38.1. The van der Waals surface area contributed by atoms with Crippen molar-refractivity contribution in [1.82, 2.24) is 10.6 Å². The Labute approximate surface area is 509 Å². The van der Waals surface area contributed by atoms with Crippen molar-refractivity contribution >= 4 is 141 Å². The summed E-state index contributed by atoms with van der Waals surface area (Å²) in [5.41, 5.74) is 0.449. The number of carbonyl (C=O) groups excluding carboxylic acids is 2. The van der Waals surface area contributed by atoms with E-state index in [-0.39, 0.29) is 107 Å². The molecule has 0 spiro atoms. The van der Waals surface area contributed by atoms with Crippen LogP contribution in [-0.2, 0) is 76.3 Å². The van der Waals surface area contributed by atoms with Crippen LogP contribution < -0.4 is 20.4 Å². The summed E-state index contributed by atoms with van der Waals surface area (Å²) in [5, 5.41) is 5.14. The fourth-order valence-corrected chi connectivity index (χ4v) is 14.3. The van der Waals surface area contributed by atoms with Gasteiger partial charge in [0.1, 0.15) is 9.79 Å². The molecular weight excluding hydrogens is 1230 g/mol. The third kappa shape index (κ3) is 15.0. The Balaban J connectivity index is 0.0000113. The molecule has 2 heterocycles. The molecule has 2 aliphatic heterocycles. The molecule has 24 nitrogen and oxygen atoms in total. The number of anilines is 2. The molecule has 0 saturated carbocycles. The maximum atomic E-state index is 13.4. The third-order valence-corrected chi connectivity index (χ3v) is 19.4. The summed E-state index contributed by atoms with van der Waals surface area (Å²) in [6, 6.07) is 14.2. The van der Waals surface area contributed by atoms with Crippen LogP contribution in [0.5, 0.6) is 0 Å². The number of hydrogen-bond donors (Lipinski definition) is 8. The van der Waals surface area contributed by atoms with Crippen molar-refractivity contribution in [3.05, 3.63) is 137 Å². The Morgan fingerprint density at radius 3 is 1.56 bits per heavy atom. The second-order valence-corrected chi connectivity index (χ2v) is 29.8. The number of allylic oxidation sites excluding steroid dienone is 5. The minimum absolute atomic E-state index is 0. The molecule has 2 amide bonds.